The van der Waals surface area contributed by atoms with E-state index in [1.807, 2.05) is 0 Å². The molecule has 0 bridgehead atoms. The SMILES string of the molecule is Cc1cn([C@H]2C[C@H](OP(=O)(O)OC[C@@H]3C=C[C@H](n4cnc5c(N)ncnc54)O3)[C@@H](CO)O2)c(=O)[nH]c1=O. The maximum atomic E-state index is 12.7. The molecule has 0 aromatic carbocycles. The van der Waals surface area contributed by atoms with Crippen LogP contribution in [0.5, 0.6) is 0 Å². The van der Waals surface area contributed by atoms with Gasteiger partial charge < -0.3 is 25.2 Å². The zero-order valence-corrected chi connectivity index (χ0v) is 20.3. The van der Waals surface area contributed by atoms with Gasteiger partial charge in [0.15, 0.2) is 17.7 Å². The molecule has 0 spiro atoms. The minimum atomic E-state index is -4.62. The van der Waals surface area contributed by atoms with Crippen molar-refractivity contribution in [1.29, 1.82) is 0 Å². The number of aryl methyl sites for hydroxylation is 1. The van der Waals surface area contributed by atoms with E-state index in [2.05, 4.69) is 19.9 Å². The first kappa shape index (κ1) is 25.4. The van der Waals surface area contributed by atoms with Crippen molar-refractivity contribution >= 4 is 24.8 Å². The van der Waals surface area contributed by atoms with Gasteiger partial charge >= 0.3 is 13.5 Å². The van der Waals surface area contributed by atoms with Crippen LogP contribution in [0.1, 0.15) is 24.4 Å². The van der Waals surface area contributed by atoms with Gasteiger partial charge in [-0.25, -0.2) is 24.3 Å². The highest BCUT2D eigenvalue weighted by Crippen LogP contribution is 2.48. The van der Waals surface area contributed by atoms with E-state index in [0.29, 0.717) is 11.2 Å². The fourth-order valence-corrected chi connectivity index (χ4v) is 5.07. The van der Waals surface area contributed by atoms with Crippen LogP contribution in [-0.4, -0.2) is 70.6 Å². The van der Waals surface area contributed by atoms with Crippen LogP contribution in [-0.2, 0) is 23.1 Å². The number of fused-ring (bicyclic) bond motifs is 1. The number of anilines is 1. The monoisotopic (exact) mass is 537 g/mol. The van der Waals surface area contributed by atoms with Gasteiger partial charge in [0.05, 0.1) is 19.5 Å². The lowest BCUT2D eigenvalue weighted by molar-refractivity contribution is -0.0490. The predicted molar refractivity (Wildman–Crippen MR) is 125 cm³/mol. The number of imidazole rings is 1. The molecule has 6 atom stereocenters. The van der Waals surface area contributed by atoms with Gasteiger partial charge in [-0.05, 0) is 13.0 Å². The van der Waals surface area contributed by atoms with Crippen LogP contribution in [0, 0.1) is 6.92 Å². The summed E-state index contributed by atoms with van der Waals surface area (Å²) in [6.45, 7) is 0.658. The van der Waals surface area contributed by atoms with Crippen molar-refractivity contribution in [2.75, 3.05) is 18.9 Å². The van der Waals surface area contributed by atoms with E-state index in [4.69, 9.17) is 24.3 Å². The van der Waals surface area contributed by atoms with Crippen molar-refractivity contribution in [3.63, 3.8) is 0 Å². The molecule has 5 heterocycles. The van der Waals surface area contributed by atoms with E-state index in [9.17, 15) is 24.2 Å². The molecule has 5 rings (SSSR count). The molecule has 0 saturated carbocycles. The van der Waals surface area contributed by atoms with Gasteiger partial charge in [0.1, 0.15) is 36.4 Å². The molecule has 198 valence electrons. The standard InChI is InChI=1S/C20H24N7O9P/c1-10-5-26(20(30)25-19(10)29)15-4-12(13(6-28)35-15)36-37(31,32)33-7-11-2-3-14(34-11)27-9-24-16-17(21)22-8-23-18(16)27/h2-3,5,8-9,11-15,28H,4,6-7H2,1H3,(H,31,32)(H2,21,22,23)(H,25,29,30)/t11-,12-,13+,14+,15+/m0/s1. The molecule has 0 aliphatic carbocycles. The first-order valence-electron chi connectivity index (χ1n) is 11.2. The molecule has 1 saturated heterocycles. The molecule has 2 aliphatic rings. The Balaban J connectivity index is 1.20. The molecule has 0 amide bonds. The fraction of sp³-hybridized carbons (Fsp3) is 0.450. The highest BCUT2D eigenvalue weighted by Gasteiger charge is 2.42. The van der Waals surface area contributed by atoms with E-state index in [0.717, 1.165) is 4.57 Å². The summed E-state index contributed by atoms with van der Waals surface area (Å²) < 4.78 is 37.3. The number of phosphoric acid groups is 1. The highest BCUT2D eigenvalue weighted by molar-refractivity contribution is 7.47. The summed E-state index contributed by atoms with van der Waals surface area (Å²) in [5.41, 5.74) is 5.69. The van der Waals surface area contributed by atoms with Crippen LogP contribution in [0.25, 0.3) is 11.2 Å². The summed E-state index contributed by atoms with van der Waals surface area (Å²) in [4.78, 5) is 48.5. The first-order valence-corrected chi connectivity index (χ1v) is 12.7. The largest absolute Gasteiger partial charge is 0.472 e. The number of nitrogen functional groups attached to an aromatic ring is 1. The van der Waals surface area contributed by atoms with Crippen molar-refractivity contribution in [2.45, 2.75) is 44.1 Å². The van der Waals surface area contributed by atoms with Crippen LogP contribution in [0.15, 0.2) is 40.6 Å². The minimum absolute atomic E-state index is 0.0505. The molecule has 3 aromatic rings. The number of hydrogen-bond acceptors (Lipinski definition) is 12. The average Bonchev–Trinajstić information content (AvgIpc) is 3.58. The Morgan fingerprint density at radius 3 is 2.84 bits per heavy atom. The van der Waals surface area contributed by atoms with E-state index in [-0.39, 0.29) is 24.4 Å². The molecule has 16 nitrogen and oxygen atoms in total. The topological polar surface area (TPSA) is 219 Å². The van der Waals surface area contributed by atoms with Crippen LogP contribution in [0.2, 0.25) is 0 Å². The Hall–Kier alpha value is -3.24. The molecule has 1 unspecified atom stereocenters. The summed E-state index contributed by atoms with van der Waals surface area (Å²) in [5.74, 6) is 0.226. The number of hydrogen-bond donors (Lipinski definition) is 4. The van der Waals surface area contributed by atoms with Gasteiger partial charge in [-0.1, -0.05) is 6.08 Å². The van der Waals surface area contributed by atoms with Gasteiger partial charge in [0.25, 0.3) is 5.56 Å². The summed E-state index contributed by atoms with van der Waals surface area (Å²) >= 11 is 0. The van der Waals surface area contributed by atoms with Crippen LogP contribution in [0.4, 0.5) is 5.82 Å². The molecule has 3 aromatic heterocycles. The predicted octanol–water partition coefficient (Wildman–Crippen LogP) is -0.497. The molecule has 1 fully saturated rings. The zero-order chi connectivity index (χ0) is 26.3. The van der Waals surface area contributed by atoms with Crippen molar-refractivity contribution in [2.24, 2.45) is 0 Å². The minimum Gasteiger partial charge on any atom is -0.394 e. The van der Waals surface area contributed by atoms with Gasteiger partial charge in [0.2, 0.25) is 0 Å². The number of aromatic amines is 1. The number of nitrogens with one attached hydrogen (secondary N) is 1. The number of aromatic nitrogens is 6. The number of nitrogens with two attached hydrogens (primary N) is 1. The fourth-order valence-electron chi connectivity index (χ4n) is 4.11. The van der Waals surface area contributed by atoms with Gasteiger partial charge in [0, 0.05) is 18.2 Å². The van der Waals surface area contributed by atoms with Crippen molar-refractivity contribution < 1.29 is 33.1 Å². The second-order valence-electron chi connectivity index (χ2n) is 8.47. The number of H-pyrrole nitrogens is 1. The zero-order valence-electron chi connectivity index (χ0n) is 19.4. The smallest absolute Gasteiger partial charge is 0.394 e. The van der Waals surface area contributed by atoms with Gasteiger partial charge in [-0.2, -0.15) is 0 Å². The first-order chi connectivity index (χ1) is 17.6. The van der Waals surface area contributed by atoms with Crippen molar-refractivity contribution in [1.82, 2.24) is 29.1 Å². The van der Waals surface area contributed by atoms with Crippen molar-refractivity contribution in [3.8, 4) is 0 Å². The Morgan fingerprint density at radius 2 is 2.05 bits per heavy atom. The molecule has 17 heteroatoms. The van der Waals surface area contributed by atoms with Crippen LogP contribution < -0.4 is 17.0 Å². The summed E-state index contributed by atoms with van der Waals surface area (Å²) in [7, 11) is -4.62. The molecule has 2 aliphatic heterocycles. The number of aliphatic hydroxyl groups is 1. The Morgan fingerprint density at radius 1 is 1.24 bits per heavy atom. The van der Waals surface area contributed by atoms with E-state index in [1.54, 1.807) is 16.7 Å². The Kier molecular flexibility index (Phi) is 6.80. The molecular weight excluding hydrogens is 513 g/mol. The third kappa shape index (κ3) is 5.13. The van der Waals surface area contributed by atoms with E-state index in [1.165, 1.54) is 25.8 Å². The van der Waals surface area contributed by atoms with Crippen LogP contribution in [0.3, 0.4) is 0 Å². The second kappa shape index (κ2) is 9.90. The van der Waals surface area contributed by atoms with E-state index >= 15 is 0 Å². The van der Waals surface area contributed by atoms with Gasteiger partial charge in [-0.15, -0.1) is 0 Å². The third-order valence-electron chi connectivity index (χ3n) is 5.95. The molecule has 0 radical (unpaired) electrons. The molecule has 5 N–H and O–H groups in total. The Labute approximate surface area is 207 Å². The maximum absolute atomic E-state index is 12.7. The average molecular weight is 537 g/mol. The van der Waals surface area contributed by atoms with Crippen molar-refractivity contribution in [3.05, 3.63) is 57.4 Å². The molecular formula is C20H24N7O9P. The maximum Gasteiger partial charge on any atom is 0.472 e. The highest BCUT2D eigenvalue weighted by atomic mass is 31.2. The number of ether oxygens (including phenoxy) is 2. The normalized spacial score (nSPS) is 27.2. The lowest BCUT2D eigenvalue weighted by Crippen LogP contribution is -2.33. The lowest BCUT2D eigenvalue weighted by Gasteiger charge is -2.21. The quantitative estimate of drug-likeness (QED) is 0.211. The summed E-state index contributed by atoms with van der Waals surface area (Å²) in [5, 5.41) is 9.66. The Bertz CT molecular complexity index is 1500. The number of phosphoric ester groups is 1. The van der Waals surface area contributed by atoms with E-state index < -0.39 is 56.4 Å². The summed E-state index contributed by atoms with van der Waals surface area (Å²) in [6.07, 6.45) is 3.11. The third-order valence-corrected chi connectivity index (χ3v) is 6.97. The second-order valence-corrected chi connectivity index (χ2v) is 9.87. The van der Waals surface area contributed by atoms with Crippen LogP contribution >= 0.6 is 7.82 Å². The number of rotatable bonds is 8. The number of nitrogens with zero attached hydrogens (tertiary/aromatic N) is 5. The summed E-state index contributed by atoms with van der Waals surface area (Å²) in [6, 6.07) is 0. The molecule has 37 heavy (non-hydrogen) atoms. The number of aliphatic hydroxyl groups excluding tert-OH is 1. The van der Waals surface area contributed by atoms with Gasteiger partial charge in [-0.3, -0.25) is 28.0 Å². The lowest BCUT2D eigenvalue weighted by atomic mass is 10.2.